The Morgan fingerprint density at radius 2 is 1.22 bits per heavy atom. The summed E-state index contributed by atoms with van der Waals surface area (Å²) in [7, 11) is -5.62. The van der Waals surface area contributed by atoms with Gasteiger partial charge in [0.2, 0.25) is 0 Å². The average molecular weight is 484 g/mol. The molecule has 0 saturated heterocycles. The molecule has 2 rings (SSSR count). The van der Waals surface area contributed by atoms with Crippen LogP contribution in [0.5, 0.6) is 0 Å². The predicted molar refractivity (Wildman–Crippen MR) is 144 cm³/mol. The van der Waals surface area contributed by atoms with Crippen LogP contribution < -0.4 is 0 Å². The van der Waals surface area contributed by atoms with Gasteiger partial charge in [0.1, 0.15) is 0 Å². The average Bonchev–Trinajstić information content (AvgIpc) is 2.71. The quantitative estimate of drug-likeness (QED) is 0.226. The van der Waals surface area contributed by atoms with E-state index in [2.05, 4.69) is 76.5 Å². The summed E-state index contributed by atoms with van der Waals surface area (Å²) in [5.41, 5.74) is 4.37. The zero-order chi connectivity index (χ0) is 23.8. The third kappa shape index (κ3) is 9.16. The first-order valence-electron chi connectivity index (χ1n) is 12.0. The lowest BCUT2D eigenvalue weighted by Gasteiger charge is -2.39. The molecule has 32 heavy (non-hydrogen) atoms. The van der Waals surface area contributed by atoms with Crippen LogP contribution in [0.25, 0.3) is 11.1 Å². The van der Waals surface area contributed by atoms with E-state index >= 15 is 0 Å². The molecule has 0 heterocycles. The Morgan fingerprint density at radius 1 is 0.719 bits per heavy atom. The maximum atomic E-state index is 8.97. The molecule has 0 aromatic heterocycles. The van der Waals surface area contributed by atoms with E-state index in [-0.39, 0.29) is 0 Å². The van der Waals surface area contributed by atoms with E-state index in [0.29, 0.717) is 5.56 Å². The predicted octanol–water partition coefficient (Wildman–Crippen LogP) is 8.10. The summed E-state index contributed by atoms with van der Waals surface area (Å²) in [6.45, 7) is 16.1. The molecule has 2 aromatic carbocycles. The van der Waals surface area contributed by atoms with Crippen molar-refractivity contribution in [2.45, 2.75) is 84.0 Å². The van der Waals surface area contributed by atoms with Crippen LogP contribution in [0.2, 0.25) is 51.4 Å². The number of benzene rings is 2. The molecular weight excluding hydrogens is 443 g/mol. The normalized spacial score (nSPS) is 12.6. The van der Waals surface area contributed by atoms with Gasteiger partial charge in [-0.05, 0) is 86.6 Å². The van der Waals surface area contributed by atoms with Crippen molar-refractivity contribution in [3.63, 3.8) is 0 Å². The van der Waals surface area contributed by atoms with Crippen molar-refractivity contribution < 1.29 is 8.23 Å². The van der Waals surface area contributed by atoms with Gasteiger partial charge in [0.05, 0.1) is 11.6 Å². The van der Waals surface area contributed by atoms with Crippen molar-refractivity contribution >= 4 is 25.2 Å². The van der Waals surface area contributed by atoms with Crippen molar-refractivity contribution in [3.8, 4) is 17.2 Å². The van der Waals surface area contributed by atoms with Gasteiger partial charge >= 0.3 is 8.56 Å². The van der Waals surface area contributed by atoms with Gasteiger partial charge in [-0.3, -0.25) is 0 Å². The summed E-state index contributed by atoms with van der Waals surface area (Å²) in [5, 5.41) is 8.97. The molecule has 0 bridgehead atoms. The Kier molecular flexibility index (Phi) is 9.68. The number of nitrogens with zero attached hydrogens (tertiary/aromatic N) is 1. The highest BCUT2D eigenvalue weighted by Gasteiger charge is 2.39. The van der Waals surface area contributed by atoms with Gasteiger partial charge in [0.15, 0.2) is 16.6 Å². The Morgan fingerprint density at radius 3 is 1.72 bits per heavy atom. The van der Waals surface area contributed by atoms with Crippen LogP contribution in [-0.2, 0) is 14.7 Å². The molecule has 0 atom stereocenters. The minimum atomic E-state index is -2.13. The zero-order valence-corrected chi connectivity index (χ0v) is 24.1. The summed E-state index contributed by atoms with van der Waals surface area (Å²) in [4.78, 5) is 0. The van der Waals surface area contributed by atoms with E-state index in [4.69, 9.17) is 13.5 Å². The first-order valence-corrected chi connectivity index (χ1v) is 21.0. The first kappa shape index (κ1) is 26.8. The smallest absolute Gasteiger partial charge is 0.311 e. The summed E-state index contributed by atoms with van der Waals surface area (Å²) in [6, 6.07) is 21.1. The van der Waals surface area contributed by atoms with Gasteiger partial charge < -0.3 is 8.23 Å². The summed E-state index contributed by atoms with van der Waals surface area (Å²) in [5.74, 6) is 0. The molecule has 0 radical (unpaired) electrons. The molecule has 0 amide bonds. The van der Waals surface area contributed by atoms with E-state index in [9.17, 15) is 0 Å². The van der Waals surface area contributed by atoms with E-state index in [0.717, 1.165) is 18.0 Å². The van der Waals surface area contributed by atoms with Crippen LogP contribution in [-0.4, -0.2) is 25.2 Å². The topological polar surface area (TPSA) is 42.2 Å². The van der Waals surface area contributed by atoms with Crippen molar-refractivity contribution in [2.75, 3.05) is 0 Å². The van der Waals surface area contributed by atoms with Crippen LogP contribution in [0.1, 0.15) is 37.3 Å². The minimum absolute atomic E-state index is 0.694. The first-order chi connectivity index (χ1) is 15.0. The fourth-order valence-electron chi connectivity index (χ4n) is 4.30. The van der Waals surface area contributed by atoms with Crippen molar-refractivity contribution in [3.05, 3.63) is 59.7 Å². The molecule has 2 aromatic rings. The maximum Gasteiger partial charge on any atom is 0.311 e. The number of rotatable bonds is 12. The molecule has 0 aliphatic heterocycles. The molecule has 0 fully saturated rings. The van der Waals surface area contributed by atoms with E-state index in [1.54, 1.807) is 0 Å². The fourth-order valence-corrected chi connectivity index (χ4v) is 18.3. The highest BCUT2D eigenvalue weighted by molar-refractivity contribution is 6.87. The van der Waals surface area contributed by atoms with Crippen molar-refractivity contribution in [1.29, 1.82) is 5.26 Å². The van der Waals surface area contributed by atoms with Crippen molar-refractivity contribution in [2.24, 2.45) is 0 Å². The minimum Gasteiger partial charge on any atom is -0.437 e. The van der Waals surface area contributed by atoms with Gasteiger partial charge in [-0.15, -0.1) is 0 Å². The highest BCUT2D eigenvalue weighted by Crippen LogP contribution is 2.27. The standard InChI is InChI=1S/C26H41NO2Si3/c1-8-9-10-20-30(2,3)28-32(6,7)29-31(4,5)21-19-23-11-15-25(16-12-23)26-17-13-24(22-27)14-18-26/h11-18H,8-10,19-21H2,1-7H3. The zero-order valence-electron chi connectivity index (χ0n) is 21.1. The van der Waals surface area contributed by atoms with Crippen LogP contribution in [0.15, 0.2) is 48.5 Å². The molecule has 0 aliphatic carbocycles. The molecule has 0 spiro atoms. The van der Waals surface area contributed by atoms with Crippen LogP contribution >= 0.6 is 0 Å². The van der Waals surface area contributed by atoms with E-state index in [1.807, 2.05) is 24.3 Å². The lowest BCUT2D eigenvalue weighted by atomic mass is 10.0. The van der Waals surface area contributed by atoms with Gasteiger partial charge in [-0.1, -0.05) is 62.6 Å². The largest absolute Gasteiger partial charge is 0.437 e. The molecule has 0 saturated carbocycles. The van der Waals surface area contributed by atoms with Gasteiger partial charge in [-0.2, -0.15) is 5.26 Å². The van der Waals surface area contributed by atoms with E-state index in [1.165, 1.54) is 36.4 Å². The molecule has 6 heteroatoms. The van der Waals surface area contributed by atoms with E-state index < -0.39 is 25.2 Å². The third-order valence-electron chi connectivity index (χ3n) is 5.74. The molecule has 0 aliphatic rings. The Balaban J connectivity index is 1.91. The number of aryl methyl sites for hydroxylation is 1. The lowest BCUT2D eigenvalue weighted by Crippen LogP contribution is -2.52. The SMILES string of the molecule is CCCCC[Si](C)(C)O[Si](C)(C)O[Si](C)(C)CCc1ccc(-c2ccc(C#N)cc2)cc1. The number of hydrogen-bond donors (Lipinski definition) is 0. The molecule has 0 unspecified atom stereocenters. The Bertz CT molecular complexity index is 885. The monoisotopic (exact) mass is 483 g/mol. The fraction of sp³-hybridized carbons (Fsp3) is 0.500. The molecular formula is C26H41NO2Si3. The van der Waals surface area contributed by atoms with Gasteiger partial charge in [0, 0.05) is 0 Å². The second kappa shape index (κ2) is 11.6. The second-order valence-corrected chi connectivity index (χ2v) is 22.9. The summed E-state index contributed by atoms with van der Waals surface area (Å²) in [6.07, 6.45) is 4.87. The van der Waals surface area contributed by atoms with Crippen LogP contribution in [0, 0.1) is 11.3 Å². The van der Waals surface area contributed by atoms with Gasteiger partial charge in [-0.25, -0.2) is 0 Å². The maximum absolute atomic E-state index is 8.97. The van der Waals surface area contributed by atoms with Gasteiger partial charge in [0.25, 0.3) is 0 Å². The second-order valence-electron chi connectivity index (χ2n) is 10.5. The van der Waals surface area contributed by atoms with Crippen LogP contribution in [0.4, 0.5) is 0 Å². The number of hydrogen-bond acceptors (Lipinski definition) is 3. The summed E-state index contributed by atoms with van der Waals surface area (Å²) < 4.78 is 13.5. The van der Waals surface area contributed by atoms with Crippen molar-refractivity contribution in [1.82, 2.24) is 0 Å². The number of nitriles is 1. The summed E-state index contributed by atoms with van der Waals surface area (Å²) >= 11 is 0. The number of unbranched alkanes of at least 4 members (excludes halogenated alkanes) is 2. The third-order valence-corrected chi connectivity index (χ3v) is 17.1. The van der Waals surface area contributed by atoms with Crippen LogP contribution in [0.3, 0.4) is 0 Å². The Hall–Kier alpha value is -1.50. The molecule has 3 nitrogen and oxygen atoms in total. The molecule has 174 valence electrons. The Labute approximate surface area is 199 Å². The lowest BCUT2D eigenvalue weighted by molar-refractivity contribution is 0.387. The highest BCUT2D eigenvalue weighted by atomic mass is 28.5. The molecule has 0 N–H and O–H groups in total.